The van der Waals surface area contributed by atoms with Crippen molar-refractivity contribution in [1.82, 2.24) is 4.90 Å². The Bertz CT molecular complexity index is 501. The van der Waals surface area contributed by atoms with Crippen LogP contribution in [0.2, 0.25) is 0 Å². The third-order valence-corrected chi connectivity index (χ3v) is 2.98. The van der Waals surface area contributed by atoms with Gasteiger partial charge in [0.15, 0.2) is 5.54 Å². The van der Waals surface area contributed by atoms with Crippen molar-refractivity contribution in [3.8, 4) is 0 Å². The second-order valence-corrected chi connectivity index (χ2v) is 4.31. The van der Waals surface area contributed by atoms with E-state index in [0.717, 1.165) is 0 Å². The van der Waals surface area contributed by atoms with Crippen LogP contribution in [0.5, 0.6) is 0 Å². The van der Waals surface area contributed by atoms with E-state index in [-0.39, 0.29) is 11.5 Å². The molecule has 4 nitrogen and oxygen atoms in total. The Morgan fingerprint density at radius 1 is 1.53 bits per heavy atom. The molecule has 1 unspecified atom stereocenters. The highest BCUT2D eigenvalue weighted by molar-refractivity contribution is 5.93. The average Bonchev–Trinajstić information content (AvgIpc) is 2.29. The molecule has 2 N–H and O–H groups in total. The first kappa shape index (κ1) is 11.6. The summed E-state index contributed by atoms with van der Waals surface area (Å²) in [6, 6.07) is 4.18. The quantitative estimate of drug-likeness (QED) is 0.743. The summed E-state index contributed by atoms with van der Waals surface area (Å²) in [6.07, 6.45) is 1.62. The van der Waals surface area contributed by atoms with Gasteiger partial charge in [0.25, 0.3) is 5.91 Å². The highest BCUT2D eigenvalue weighted by Gasteiger charge is 2.40. The molecule has 90 valence electrons. The van der Waals surface area contributed by atoms with Gasteiger partial charge in [-0.3, -0.25) is 9.79 Å². The van der Waals surface area contributed by atoms with Gasteiger partial charge in [-0.1, -0.05) is 0 Å². The Hall–Kier alpha value is -1.91. The number of amides is 1. The molecule has 0 bridgehead atoms. The van der Waals surface area contributed by atoms with Gasteiger partial charge in [-0.05, 0) is 25.1 Å². The Balaban J connectivity index is 2.58. The van der Waals surface area contributed by atoms with Gasteiger partial charge in [-0.25, -0.2) is 4.39 Å². The lowest BCUT2D eigenvalue weighted by molar-refractivity contribution is -0.135. The van der Waals surface area contributed by atoms with E-state index in [0.29, 0.717) is 12.2 Å². The standard InChI is InChI=1S/C12H14FN3O/c1-12(11(17)16(2)6-5-15-12)9-7-8(14)3-4-10(9)13/h3-5,7H,6,14H2,1-2H3. The molecule has 0 radical (unpaired) electrons. The third kappa shape index (κ3) is 1.77. The fourth-order valence-corrected chi connectivity index (χ4v) is 1.96. The van der Waals surface area contributed by atoms with Gasteiger partial charge < -0.3 is 10.6 Å². The fourth-order valence-electron chi connectivity index (χ4n) is 1.96. The summed E-state index contributed by atoms with van der Waals surface area (Å²) in [7, 11) is 1.66. The lowest BCUT2D eigenvalue weighted by atomic mass is 9.89. The average molecular weight is 235 g/mol. The highest BCUT2D eigenvalue weighted by Crippen LogP contribution is 2.32. The van der Waals surface area contributed by atoms with E-state index in [4.69, 9.17) is 5.73 Å². The van der Waals surface area contributed by atoms with Gasteiger partial charge in [0.1, 0.15) is 5.82 Å². The molecule has 0 saturated heterocycles. The summed E-state index contributed by atoms with van der Waals surface area (Å²) >= 11 is 0. The minimum Gasteiger partial charge on any atom is -0.399 e. The predicted octanol–water partition coefficient (Wildman–Crippen LogP) is 1.17. The number of hydrogen-bond acceptors (Lipinski definition) is 3. The Kier molecular flexibility index (Phi) is 2.61. The summed E-state index contributed by atoms with van der Waals surface area (Å²) < 4.78 is 13.8. The van der Waals surface area contributed by atoms with Crippen molar-refractivity contribution in [3.05, 3.63) is 29.6 Å². The van der Waals surface area contributed by atoms with Crippen molar-refractivity contribution >= 4 is 17.8 Å². The zero-order chi connectivity index (χ0) is 12.6. The SMILES string of the molecule is CN1CC=NC(C)(c2cc(N)ccc2F)C1=O. The van der Waals surface area contributed by atoms with Crippen LogP contribution in [-0.2, 0) is 10.3 Å². The number of rotatable bonds is 1. The molecule has 0 aliphatic carbocycles. The van der Waals surface area contributed by atoms with Crippen molar-refractivity contribution < 1.29 is 9.18 Å². The fraction of sp³-hybridized carbons (Fsp3) is 0.333. The first-order chi connectivity index (χ1) is 7.95. The van der Waals surface area contributed by atoms with Gasteiger partial charge >= 0.3 is 0 Å². The molecule has 0 spiro atoms. The number of nitrogen functional groups attached to an aromatic ring is 1. The molecule has 2 rings (SSSR count). The van der Waals surface area contributed by atoms with Crippen LogP contribution < -0.4 is 5.73 Å². The Morgan fingerprint density at radius 3 is 2.94 bits per heavy atom. The van der Waals surface area contributed by atoms with E-state index in [2.05, 4.69) is 4.99 Å². The molecule has 1 aromatic rings. The van der Waals surface area contributed by atoms with Crippen LogP contribution in [0, 0.1) is 5.82 Å². The number of halogens is 1. The molecule has 5 heteroatoms. The van der Waals surface area contributed by atoms with E-state index >= 15 is 0 Å². The number of nitrogens with two attached hydrogens (primary N) is 1. The monoisotopic (exact) mass is 235 g/mol. The van der Waals surface area contributed by atoms with Crippen molar-refractivity contribution in [2.24, 2.45) is 4.99 Å². The molecule has 1 amide bonds. The van der Waals surface area contributed by atoms with Gasteiger partial charge in [0.2, 0.25) is 0 Å². The summed E-state index contributed by atoms with van der Waals surface area (Å²) in [4.78, 5) is 17.8. The van der Waals surface area contributed by atoms with Crippen molar-refractivity contribution in [3.63, 3.8) is 0 Å². The summed E-state index contributed by atoms with van der Waals surface area (Å²) in [5.41, 5.74) is 5.04. The van der Waals surface area contributed by atoms with E-state index in [9.17, 15) is 9.18 Å². The zero-order valence-corrected chi connectivity index (χ0v) is 9.77. The molecular formula is C12H14FN3O. The number of likely N-dealkylation sites (N-methyl/N-ethyl adjacent to an activating group) is 1. The Labute approximate surface area is 98.9 Å². The lowest BCUT2D eigenvalue weighted by Gasteiger charge is -2.33. The van der Waals surface area contributed by atoms with Crippen LogP contribution in [0.25, 0.3) is 0 Å². The van der Waals surface area contributed by atoms with Gasteiger partial charge in [0.05, 0.1) is 6.54 Å². The second-order valence-electron chi connectivity index (χ2n) is 4.31. The molecule has 1 aliphatic rings. The number of carbonyl (C=O) groups is 1. The number of carbonyl (C=O) groups excluding carboxylic acids is 1. The van der Waals surface area contributed by atoms with Crippen LogP contribution in [0.4, 0.5) is 10.1 Å². The molecule has 0 saturated carbocycles. The van der Waals surface area contributed by atoms with Crippen molar-refractivity contribution in [2.75, 3.05) is 19.3 Å². The molecular weight excluding hydrogens is 221 g/mol. The zero-order valence-electron chi connectivity index (χ0n) is 9.77. The van der Waals surface area contributed by atoms with E-state index in [1.807, 2.05) is 0 Å². The van der Waals surface area contributed by atoms with Crippen LogP contribution >= 0.6 is 0 Å². The van der Waals surface area contributed by atoms with Crippen LogP contribution in [0.15, 0.2) is 23.2 Å². The molecule has 0 fully saturated rings. The normalized spacial score (nSPS) is 24.2. The largest absolute Gasteiger partial charge is 0.399 e. The first-order valence-corrected chi connectivity index (χ1v) is 5.30. The Morgan fingerprint density at radius 2 is 2.24 bits per heavy atom. The minimum atomic E-state index is -1.22. The predicted molar refractivity (Wildman–Crippen MR) is 64.3 cm³/mol. The number of benzene rings is 1. The van der Waals surface area contributed by atoms with Crippen LogP contribution in [-0.4, -0.2) is 30.6 Å². The second kappa shape index (κ2) is 3.84. The van der Waals surface area contributed by atoms with Gasteiger partial charge in [-0.2, -0.15) is 0 Å². The maximum absolute atomic E-state index is 13.8. The lowest BCUT2D eigenvalue weighted by Crippen LogP contribution is -2.46. The van der Waals surface area contributed by atoms with E-state index < -0.39 is 11.4 Å². The summed E-state index contributed by atoms with van der Waals surface area (Å²) in [5, 5.41) is 0. The first-order valence-electron chi connectivity index (χ1n) is 5.30. The molecule has 1 aliphatic heterocycles. The molecule has 1 atom stereocenters. The van der Waals surface area contributed by atoms with Crippen LogP contribution in [0.1, 0.15) is 12.5 Å². The van der Waals surface area contributed by atoms with Crippen molar-refractivity contribution in [2.45, 2.75) is 12.5 Å². The van der Waals surface area contributed by atoms with Gasteiger partial charge in [-0.15, -0.1) is 0 Å². The van der Waals surface area contributed by atoms with E-state index in [1.54, 1.807) is 20.2 Å². The smallest absolute Gasteiger partial charge is 0.254 e. The van der Waals surface area contributed by atoms with Gasteiger partial charge in [0, 0.05) is 24.5 Å². The maximum atomic E-state index is 13.8. The topological polar surface area (TPSA) is 58.7 Å². The summed E-state index contributed by atoms with van der Waals surface area (Å²) in [6.45, 7) is 2.04. The highest BCUT2D eigenvalue weighted by atomic mass is 19.1. The van der Waals surface area contributed by atoms with E-state index in [1.165, 1.54) is 23.1 Å². The summed E-state index contributed by atoms with van der Waals surface area (Å²) in [5.74, 6) is -0.702. The molecule has 17 heavy (non-hydrogen) atoms. The van der Waals surface area contributed by atoms with Crippen LogP contribution in [0.3, 0.4) is 0 Å². The minimum absolute atomic E-state index is 0.213. The maximum Gasteiger partial charge on any atom is 0.254 e. The number of hydrogen-bond donors (Lipinski definition) is 1. The number of nitrogens with zero attached hydrogens (tertiary/aromatic N) is 2. The molecule has 1 aromatic carbocycles. The van der Waals surface area contributed by atoms with Crippen molar-refractivity contribution in [1.29, 1.82) is 0 Å². The number of anilines is 1. The third-order valence-electron chi connectivity index (χ3n) is 2.98. The molecule has 0 aromatic heterocycles. The molecule has 1 heterocycles. The number of aliphatic imine (C=N–C) groups is 1.